The van der Waals surface area contributed by atoms with E-state index in [-0.39, 0.29) is 4.90 Å². The van der Waals surface area contributed by atoms with Gasteiger partial charge < -0.3 is 4.40 Å². The second kappa shape index (κ2) is 4.65. The molecule has 3 heterocycles. The topological polar surface area (TPSA) is 95.3 Å². The molecule has 0 radical (unpaired) electrons. The summed E-state index contributed by atoms with van der Waals surface area (Å²) in [6.07, 6.45) is 9.24. The third-order valence-electron chi connectivity index (χ3n) is 3.83. The Morgan fingerprint density at radius 2 is 2.05 bits per heavy atom. The lowest BCUT2D eigenvalue weighted by Gasteiger charge is -1.98. The minimum absolute atomic E-state index is 0.00674. The molecular formula is C14H15N5O2S. The molecule has 0 aliphatic heterocycles. The zero-order valence-corrected chi connectivity index (χ0v) is 12.6. The Hall–Kier alpha value is -2.19. The molecule has 114 valence electrons. The predicted molar refractivity (Wildman–Crippen MR) is 79.9 cm³/mol. The highest BCUT2D eigenvalue weighted by atomic mass is 32.2. The molecule has 3 aromatic heterocycles. The summed E-state index contributed by atoms with van der Waals surface area (Å²) in [7, 11) is -3.72. The van der Waals surface area contributed by atoms with Crippen molar-refractivity contribution in [1.29, 1.82) is 0 Å². The summed E-state index contributed by atoms with van der Waals surface area (Å²) in [5, 5.41) is 9.09. The van der Waals surface area contributed by atoms with Gasteiger partial charge in [0.1, 0.15) is 10.5 Å². The van der Waals surface area contributed by atoms with E-state index in [0.29, 0.717) is 12.5 Å². The number of sulfonamides is 1. The summed E-state index contributed by atoms with van der Waals surface area (Å²) in [5.74, 6) is 0.693. The first-order chi connectivity index (χ1) is 10.5. The molecule has 22 heavy (non-hydrogen) atoms. The normalized spacial score (nSPS) is 15.5. The van der Waals surface area contributed by atoms with Crippen LogP contribution in [0.1, 0.15) is 30.0 Å². The highest BCUT2D eigenvalue weighted by Gasteiger charge is 2.23. The van der Waals surface area contributed by atoms with E-state index < -0.39 is 10.0 Å². The zero-order valence-electron chi connectivity index (χ0n) is 11.8. The fourth-order valence-corrected chi connectivity index (χ4v) is 3.00. The Labute approximate surface area is 127 Å². The van der Waals surface area contributed by atoms with Crippen LogP contribution < -0.4 is 5.14 Å². The van der Waals surface area contributed by atoms with E-state index >= 15 is 0 Å². The van der Waals surface area contributed by atoms with Crippen LogP contribution in [0.5, 0.6) is 0 Å². The van der Waals surface area contributed by atoms with Crippen LogP contribution in [0.2, 0.25) is 0 Å². The first kappa shape index (κ1) is 13.5. The van der Waals surface area contributed by atoms with Gasteiger partial charge in [-0.1, -0.05) is 6.07 Å². The van der Waals surface area contributed by atoms with Crippen LogP contribution in [0.4, 0.5) is 0 Å². The number of rotatable bonds is 4. The first-order valence-electron chi connectivity index (χ1n) is 7.02. The summed E-state index contributed by atoms with van der Waals surface area (Å²) in [6.45, 7) is 0.399. The number of hydrogen-bond acceptors (Lipinski definition) is 4. The van der Waals surface area contributed by atoms with E-state index in [0.717, 1.165) is 11.3 Å². The summed E-state index contributed by atoms with van der Waals surface area (Å²) in [4.78, 5) is 4.53. The van der Waals surface area contributed by atoms with Crippen molar-refractivity contribution in [2.45, 2.75) is 30.2 Å². The maximum atomic E-state index is 11.3. The smallest absolute Gasteiger partial charge is 0.241 e. The van der Waals surface area contributed by atoms with Gasteiger partial charge >= 0.3 is 0 Å². The molecule has 0 saturated heterocycles. The number of fused-ring (bicyclic) bond motifs is 1. The molecule has 0 amide bonds. The Morgan fingerprint density at radius 3 is 2.73 bits per heavy atom. The molecule has 1 aliphatic rings. The minimum Gasteiger partial charge on any atom is -0.306 e. The molecule has 8 heteroatoms. The van der Waals surface area contributed by atoms with Crippen LogP contribution in [0.15, 0.2) is 41.8 Å². The van der Waals surface area contributed by atoms with Crippen LogP contribution in [0.3, 0.4) is 0 Å². The van der Waals surface area contributed by atoms with Gasteiger partial charge in [-0.25, -0.2) is 18.5 Å². The van der Waals surface area contributed by atoms with Crippen molar-refractivity contribution in [2.24, 2.45) is 5.14 Å². The van der Waals surface area contributed by atoms with Crippen LogP contribution in [-0.2, 0) is 16.6 Å². The zero-order chi connectivity index (χ0) is 15.3. The average Bonchev–Trinajstić information content (AvgIpc) is 3.05. The number of hydrogen-bond donors (Lipinski definition) is 1. The second-order valence-corrected chi connectivity index (χ2v) is 7.21. The van der Waals surface area contributed by atoms with Gasteiger partial charge in [-0.2, -0.15) is 5.10 Å². The number of nitrogens with two attached hydrogens (primary N) is 1. The second-order valence-electron chi connectivity index (χ2n) is 5.65. The van der Waals surface area contributed by atoms with Gasteiger partial charge in [-0.05, 0) is 30.4 Å². The SMILES string of the molecule is NS(=O)(=O)c1cnn(Cc2cn3cc(C4CC4)ccc3n2)c1. The molecule has 1 saturated carbocycles. The van der Waals surface area contributed by atoms with Gasteiger partial charge in [0.2, 0.25) is 10.0 Å². The lowest BCUT2D eigenvalue weighted by atomic mass is 10.2. The molecule has 1 fully saturated rings. The van der Waals surface area contributed by atoms with E-state index in [1.54, 1.807) is 0 Å². The van der Waals surface area contributed by atoms with Gasteiger partial charge in [0.25, 0.3) is 0 Å². The molecular weight excluding hydrogens is 302 g/mol. The van der Waals surface area contributed by atoms with Gasteiger partial charge in [0, 0.05) is 18.6 Å². The average molecular weight is 317 g/mol. The van der Waals surface area contributed by atoms with Crippen LogP contribution in [0, 0.1) is 0 Å². The lowest BCUT2D eigenvalue weighted by Crippen LogP contribution is -2.11. The van der Waals surface area contributed by atoms with Gasteiger partial charge in [-0.15, -0.1) is 0 Å². The Kier molecular flexibility index (Phi) is 2.85. The van der Waals surface area contributed by atoms with Crippen molar-refractivity contribution in [3.8, 4) is 0 Å². The predicted octanol–water partition coefficient (Wildman–Crippen LogP) is 1.10. The van der Waals surface area contributed by atoms with E-state index in [4.69, 9.17) is 5.14 Å². The van der Waals surface area contributed by atoms with Crippen molar-refractivity contribution in [2.75, 3.05) is 0 Å². The van der Waals surface area contributed by atoms with Gasteiger partial charge in [-0.3, -0.25) is 4.68 Å². The standard InChI is InChI=1S/C14H15N5O2S/c15-22(20,21)13-5-16-19(9-13)8-12-7-18-6-11(10-1-2-10)3-4-14(18)17-12/h3-7,9-10H,1-2,8H2,(H2,15,20,21). The molecule has 0 unspecified atom stereocenters. The highest BCUT2D eigenvalue weighted by molar-refractivity contribution is 7.89. The van der Waals surface area contributed by atoms with Crippen LogP contribution in [-0.4, -0.2) is 27.6 Å². The number of nitrogens with zero attached hydrogens (tertiary/aromatic N) is 4. The maximum Gasteiger partial charge on any atom is 0.241 e. The molecule has 0 spiro atoms. The molecule has 0 bridgehead atoms. The van der Waals surface area contributed by atoms with Gasteiger partial charge in [0.15, 0.2) is 0 Å². The highest BCUT2D eigenvalue weighted by Crippen LogP contribution is 2.39. The molecule has 3 aromatic rings. The molecule has 2 N–H and O–H groups in total. The Morgan fingerprint density at radius 1 is 1.23 bits per heavy atom. The van der Waals surface area contributed by atoms with Crippen molar-refractivity contribution < 1.29 is 8.42 Å². The maximum absolute atomic E-state index is 11.3. The summed E-state index contributed by atoms with van der Waals surface area (Å²) in [6, 6.07) is 4.13. The van der Waals surface area contributed by atoms with Crippen molar-refractivity contribution in [3.05, 3.63) is 48.2 Å². The van der Waals surface area contributed by atoms with Crippen LogP contribution in [0.25, 0.3) is 5.65 Å². The molecule has 0 aromatic carbocycles. The van der Waals surface area contributed by atoms with Gasteiger partial charge in [0.05, 0.1) is 18.4 Å². The van der Waals surface area contributed by atoms with Crippen LogP contribution >= 0.6 is 0 Å². The quantitative estimate of drug-likeness (QED) is 0.779. The summed E-state index contributed by atoms with van der Waals surface area (Å²) < 4.78 is 26.0. The first-order valence-corrected chi connectivity index (χ1v) is 8.56. The monoisotopic (exact) mass is 317 g/mol. The van der Waals surface area contributed by atoms with Crippen molar-refractivity contribution in [1.82, 2.24) is 19.2 Å². The largest absolute Gasteiger partial charge is 0.306 e. The number of primary sulfonamides is 1. The van der Waals surface area contributed by atoms with E-state index in [1.807, 2.05) is 16.7 Å². The molecule has 7 nitrogen and oxygen atoms in total. The van der Waals surface area contributed by atoms with E-state index in [1.165, 1.54) is 35.5 Å². The van der Waals surface area contributed by atoms with Crippen molar-refractivity contribution in [3.63, 3.8) is 0 Å². The fourth-order valence-electron chi connectivity index (χ4n) is 2.54. The molecule has 4 rings (SSSR count). The van der Waals surface area contributed by atoms with E-state index in [9.17, 15) is 8.42 Å². The molecule has 0 atom stereocenters. The third-order valence-corrected chi connectivity index (χ3v) is 4.70. The Bertz CT molecular complexity index is 953. The van der Waals surface area contributed by atoms with E-state index in [2.05, 4.69) is 22.3 Å². The molecule has 1 aliphatic carbocycles. The number of imidazole rings is 1. The summed E-state index contributed by atoms with van der Waals surface area (Å²) in [5.41, 5.74) is 3.03. The Balaban J connectivity index is 1.62. The summed E-state index contributed by atoms with van der Waals surface area (Å²) >= 11 is 0. The number of pyridine rings is 1. The fraction of sp³-hybridized carbons (Fsp3) is 0.286. The third kappa shape index (κ3) is 2.51. The number of aromatic nitrogens is 4. The lowest BCUT2D eigenvalue weighted by molar-refractivity contribution is 0.597. The van der Waals surface area contributed by atoms with Crippen molar-refractivity contribution >= 4 is 15.7 Å². The minimum atomic E-state index is -3.72.